The zero-order valence-electron chi connectivity index (χ0n) is 28.5. The van der Waals surface area contributed by atoms with Gasteiger partial charge in [0.1, 0.15) is 11.6 Å². The van der Waals surface area contributed by atoms with Crippen molar-refractivity contribution in [3.63, 3.8) is 0 Å². The van der Waals surface area contributed by atoms with Crippen LogP contribution >= 0.6 is 0 Å². The van der Waals surface area contributed by atoms with Gasteiger partial charge in [0, 0.05) is 38.9 Å². The fourth-order valence-corrected chi connectivity index (χ4v) is 7.51. The van der Waals surface area contributed by atoms with Crippen molar-refractivity contribution in [3.05, 3.63) is 70.3 Å². The van der Waals surface area contributed by atoms with E-state index in [1.54, 1.807) is 6.20 Å². The number of nitrogens with zero attached hydrogens (tertiary/aromatic N) is 2. The number of benzene rings is 1. The second-order valence-electron chi connectivity index (χ2n) is 15.3. The molecule has 2 fully saturated rings. The van der Waals surface area contributed by atoms with Gasteiger partial charge in [-0.25, -0.2) is 4.98 Å². The summed E-state index contributed by atoms with van der Waals surface area (Å²) in [5.74, 6) is 3.71. The van der Waals surface area contributed by atoms with Crippen LogP contribution in [0.2, 0.25) is 0 Å². The number of carbonyl (C=O) groups excluding carboxylic acids is 1. The molecular weight excluding hydrogens is 574 g/mol. The first kappa shape index (κ1) is 32.5. The summed E-state index contributed by atoms with van der Waals surface area (Å²) >= 11 is 0. The van der Waals surface area contributed by atoms with E-state index in [9.17, 15) is 4.79 Å². The van der Waals surface area contributed by atoms with Gasteiger partial charge < -0.3 is 25.1 Å². The Morgan fingerprint density at radius 2 is 1.61 bits per heavy atom. The number of ether oxygens (including phenoxy) is 1. The van der Waals surface area contributed by atoms with Crippen molar-refractivity contribution in [1.29, 1.82) is 0 Å². The summed E-state index contributed by atoms with van der Waals surface area (Å²) in [6, 6.07) is 10.5. The van der Waals surface area contributed by atoms with Crippen molar-refractivity contribution in [2.45, 2.75) is 109 Å². The highest BCUT2D eigenvalue weighted by molar-refractivity contribution is 5.91. The molecule has 248 valence electrons. The molecule has 0 bridgehead atoms. The van der Waals surface area contributed by atoms with Crippen LogP contribution in [0.3, 0.4) is 0 Å². The van der Waals surface area contributed by atoms with E-state index in [4.69, 9.17) is 9.15 Å². The largest absolute Gasteiger partial charge is 0.456 e. The van der Waals surface area contributed by atoms with E-state index in [0.29, 0.717) is 36.5 Å². The lowest BCUT2D eigenvalue weighted by Crippen LogP contribution is -2.34. The van der Waals surface area contributed by atoms with Crippen LogP contribution in [-0.4, -0.2) is 48.2 Å². The molecule has 1 amide bonds. The first-order chi connectivity index (χ1) is 22.1. The number of amides is 1. The highest BCUT2D eigenvalue weighted by atomic mass is 16.5. The van der Waals surface area contributed by atoms with Crippen LogP contribution in [0.1, 0.15) is 118 Å². The predicted molar refractivity (Wildman–Crippen MR) is 184 cm³/mol. The minimum Gasteiger partial charge on any atom is -0.456 e. The molecule has 2 aliphatic carbocycles. The zero-order valence-corrected chi connectivity index (χ0v) is 28.5. The van der Waals surface area contributed by atoms with Crippen LogP contribution in [0.25, 0.3) is 0 Å². The number of hydrogen-bond acceptors (Lipinski definition) is 7. The van der Waals surface area contributed by atoms with E-state index >= 15 is 0 Å². The Hall–Kier alpha value is -3.39. The second-order valence-corrected chi connectivity index (χ2v) is 15.3. The molecule has 2 aromatic heterocycles. The summed E-state index contributed by atoms with van der Waals surface area (Å²) in [4.78, 5) is 22.0. The molecule has 46 heavy (non-hydrogen) atoms. The number of furan rings is 1. The van der Waals surface area contributed by atoms with Crippen molar-refractivity contribution in [1.82, 2.24) is 15.3 Å². The Kier molecular flexibility index (Phi) is 9.74. The number of aryl methyl sites for hydroxylation is 1. The lowest BCUT2D eigenvalue weighted by atomic mass is 9.62. The van der Waals surface area contributed by atoms with Crippen molar-refractivity contribution in [3.8, 4) is 0 Å². The molecule has 3 N–H and O–H groups in total. The first-order valence-electron chi connectivity index (χ1n) is 17.5. The topological polar surface area (TPSA) is 101 Å². The average molecular weight is 628 g/mol. The molecule has 0 unspecified atom stereocenters. The summed E-state index contributed by atoms with van der Waals surface area (Å²) in [5.41, 5.74) is 5.88. The monoisotopic (exact) mass is 627 g/mol. The quantitative estimate of drug-likeness (QED) is 0.202. The van der Waals surface area contributed by atoms with Gasteiger partial charge in [-0.15, -0.1) is 0 Å². The summed E-state index contributed by atoms with van der Waals surface area (Å²) in [6.45, 7) is 14.8. The smallest absolute Gasteiger partial charge is 0.287 e. The average Bonchev–Trinajstić information content (AvgIpc) is 3.74. The molecule has 1 atom stereocenters. The number of carbonyl (C=O) groups is 1. The Balaban J connectivity index is 0.941. The summed E-state index contributed by atoms with van der Waals surface area (Å²) in [6.07, 6.45) is 11.9. The molecular formula is C38H53N5O3. The van der Waals surface area contributed by atoms with Crippen LogP contribution in [0, 0.1) is 18.8 Å². The molecule has 8 nitrogen and oxygen atoms in total. The van der Waals surface area contributed by atoms with Crippen LogP contribution in [-0.2, 0) is 22.0 Å². The fourth-order valence-electron chi connectivity index (χ4n) is 7.51. The first-order valence-corrected chi connectivity index (χ1v) is 17.5. The van der Waals surface area contributed by atoms with Gasteiger partial charge in [0.15, 0.2) is 5.76 Å². The van der Waals surface area contributed by atoms with E-state index in [-0.39, 0.29) is 22.8 Å². The maximum absolute atomic E-state index is 13.0. The number of aromatic nitrogens is 2. The summed E-state index contributed by atoms with van der Waals surface area (Å²) in [7, 11) is 0. The van der Waals surface area contributed by atoms with Crippen molar-refractivity contribution < 1.29 is 13.9 Å². The van der Waals surface area contributed by atoms with E-state index in [2.05, 4.69) is 72.7 Å². The van der Waals surface area contributed by atoms with Gasteiger partial charge in [0.2, 0.25) is 5.95 Å². The third-order valence-corrected chi connectivity index (χ3v) is 10.8. The van der Waals surface area contributed by atoms with Crippen LogP contribution < -0.4 is 16.0 Å². The van der Waals surface area contributed by atoms with Gasteiger partial charge in [-0.3, -0.25) is 4.79 Å². The molecule has 0 spiro atoms. The van der Waals surface area contributed by atoms with E-state index in [1.165, 1.54) is 35.1 Å². The van der Waals surface area contributed by atoms with Gasteiger partial charge in [-0.05, 0) is 121 Å². The Morgan fingerprint density at radius 3 is 2.33 bits per heavy atom. The van der Waals surface area contributed by atoms with Crippen molar-refractivity contribution in [2.24, 2.45) is 11.8 Å². The van der Waals surface area contributed by atoms with Gasteiger partial charge >= 0.3 is 0 Å². The molecule has 1 saturated carbocycles. The minimum atomic E-state index is -0.118. The van der Waals surface area contributed by atoms with Crippen molar-refractivity contribution >= 4 is 17.7 Å². The number of anilines is 2. The molecule has 8 heteroatoms. The number of fused-ring (bicyclic) bond motifs is 1. The fraction of sp³-hybridized carbons (Fsp3) is 0.605. The standard InChI is InChI=1S/C38H53N5O3/c1-25-19-31-32(38(4,5)16-15-37(31,2)3)21-28(25)20-29-12-13-33(46-29)35(44)41-23-27-10-8-26(9-11-27)22-40-34-14-17-39-36(43-34)42-24-30-7-6-18-45-30/h12-14,17,19,21,26-27,30H,6-11,15-16,18,20,22-24H2,1-5H3,(H,41,44)(H2,39,40,42,43)/t26?,27?,30-/m0/s1. The molecule has 6 rings (SSSR count). The van der Waals surface area contributed by atoms with Crippen molar-refractivity contribution in [2.75, 3.05) is 36.9 Å². The highest BCUT2D eigenvalue weighted by Crippen LogP contribution is 2.46. The van der Waals surface area contributed by atoms with Gasteiger partial charge in [-0.1, -0.05) is 39.8 Å². The zero-order chi connectivity index (χ0) is 32.3. The second kappa shape index (κ2) is 13.8. The SMILES string of the molecule is Cc1cc2c(cc1Cc1ccc(C(=O)NCC3CCC(CNc4ccnc(NC[C@@H]5CCCO5)n4)CC3)o1)C(C)(C)CCC2(C)C. The third-order valence-electron chi connectivity index (χ3n) is 10.8. The van der Waals surface area contributed by atoms with Crippen LogP contribution in [0.4, 0.5) is 11.8 Å². The predicted octanol–water partition coefficient (Wildman–Crippen LogP) is 7.56. The van der Waals surface area contributed by atoms with E-state index in [0.717, 1.165) is 69.8 Å². The molecule has 3 aromatic rings. The lowest BCUT2D eigenvalue weighted by molar-refractivity contribution is 0.0912. The van der Waals surface area contributed by atoms with Gasteiger partial charge in [0.05, 0.1) is 6.10 Å². The molecule has 1 aromatic carbocycles. The number of nitrogens with one attached hydrogen (secondary N) is 3. The lowest BCUT2D eigenvalue weighted by Gasteiger charge is -2.42. The van der Waals surface area contributed by atoms with Gasteiger partial charge in [0.25, 0.3) is 5.91 Å². The maximum Gasteiger partial charge on any atom is 0.287 e. The molecule has 3 heterocycles. The summed E-state index contributed by atoms with van der Waals surface area (Å²) < 4.78 is 11.8. The molecule has 3 aliphatic rings. The van der Waals surface area contributed by atoms with E-state index < -0.39 is 0 Å². The minimum absolute atomic E-state index is 0.118. The Labute approximate surface area is 274 Å². The molecule has 0 radical (unpaired) electrons. The number of hydrogen-bond donors (Lipinski definition) is 3. The highest BCUT2D eigenvalue weighted by Gasteiger charge is 2.37. The molecule has 1 aliphatic heterocycles. The van der Waals surface area contributed by atoms with Gasteiger partial charge in [-0.2, -0.15) is 4.98 Å². The maximum atomic E-state index is 13.0. The number of rotatable bonds is 11. The van der Waals surface area contributed by atoms with Crippen LogP contribution in [0.5, 0.6) is 0 Å². The third kappa shape index (κ3) is 7.76. The Morgan fingerprint density at radius 1 is 0.891 bits per heavy atom. The van der Waals surface area contributed by atoms with E-state index in [1.807, 2.05) is 18.2 Å². The normalized spacial score (nSPS) is 23.5. The molecule has 1 saturated heterocycles. The summed E-state index contributed by atoms with van der Waals surface area (Å²) in [5, 5.41) is 9.96. The Bertz CT molecular complexity index is 1500. The van der Waals surface area contributed by atoms with Crippen LogP contribution in [0.15, 0.2) is 40.9 Å².